The van der Waals surface area contributed by atoms with Gasteiger partial charge in [-0.05, 0) is 216 Å². The van der Waals surface area contributed by atoms with Crippen molar-refractivity contribution in [2.45, 2.75) is 180 Å². The van der Waals surface area contributed by atoms with Gasteiger partial charge in [0.25, 0.3) is 6.71 Å². The third kappa shape index (κ3) is 8.08. The average Bonchev–Trinajstić information content (AvgIpc) is 2.46. The van der Waals surface area contributed by atoms with Gasteiger partial charge in [0.15, 0.2) is 0 Å². The predicted molar refractivity (Wildman–Crippen MR) is 353 cm³/mol. The van der Waals surface area contributed by atoms with E-state index in [0.29, 0.717) is 0 Å². The fourth-order valence-electron chi connectivity index (χ4n) is 15.4. The summed E-state index contributed by atoms with van der Waals surface area (Å²) in [5.41, 5.74) is 24.4. The van der Waals surface area contributed by atoms with Gasteiger partial charge in [-0.1, -0.05) is 177 Å². The van der Waals surface area contributed by atoms with Crippen LogP contribution in [0.25, 0.3) is 20.9 Å². The molecule has 5 aliphatic rings. The minimum Gasteiger partial charge on any atom is -0.311 e. The highest BCUT2D eigenvalue weighted by atomic mass is 32.1. The Kier molecular flexibility index (Phi) is 11.3. The summed E-state index contributed by atoms with van der Waals surface area (Å²) in [7, 11) is 0. The first kappa shape index (κ1) is 52.5. The second-order valence-electron chi connectivity index (χ2n) is 30.2. The minimum atomic E-state index is -0.0177. The van der Waals surface area contributed by atoms with E-state index in [2.05, 4.69) is 282 Å². The van der Waals surface area contributed by atoms with E-state index < -0.39 is 0 Å². The molecular weight excluding hydrogens is 998 g/mol. The van der Waals surface area contributed by atoms with Crippen molar-refractivity contribution >= 4 is 106 Å². The van der Waals surface area contributed by atoms with Gasteiger partial charge in [0, 0.05) is 54.7 Å². The van der Waals surface area contributed by atoms with Crippen LogP contribution in [-0.4, -0.2) is 6.71 Å². The lowest BCUT2D eigenvalue weighted by Crippen LogP contribution is -2.61. The SMILES string of the molecule is CC(C)(C)c1ccc(N2c3cc4c(cc3B3c5sc6cc7c(cc6c5N(c5ccc6c(c5)C(C)(C)CCC6(C)C)c5cc(N(c6ccccc6)c6ccc8ccccc8c6)cc2c53)C(C)(C)CCC7(C)C)C(C)(C)CCC4(C)C)cc1. The molecule has 0 amide bonds. The van der Waals surface area contributed by atoms with Crippen LogP contribution in [0.2, 0.25) is 0 Å². The topological polar surface area (TPSA) is 9.72 Å². The van der Waals surface area contributed by atoms with Crippen molar-refractivity contribution in [2.75, 3.05) is 14.7 Å². The number of thiophene rings is 1. The zero-order valence-corrected chi connectivity index (χ0v) is 51.8. The molecule has 3 nitrogen and oxygen atoms in total. The van der Waals surface area contributed by atoms with Gasteiger partial charge in [0.2, 0.25) is 0 Å². The highest BCUT2D eigenvalue weighted by Crippen LogP contribution is 2.57. The van der Waals surface area contributed by atoms with Gasteiger partial charge in [0.1, 0.15) is 0 Å². The summed E-state index contributed by atoms with van der Waals surface area (Å²) in [6.07, 6.45) is 7.00. The number of nitrogens with zero attached hydrogens (tertiary/aromatic N) is 3. The molecule has 3 aliphatic carbocycles. The lowest BCUT2D eigenvalue weighted by Gasteiger charge is -2.47. The Balaban J connectivity index is 1.16. The van der Waals surface area contributed by atoms with E-state index in [9.17, 15) is 0 Å². The Morgan fingerprint density at radius 3 is 1.56 bits per heavy atom. The third-order valence-corrected chi connectivity index (χ3v) is 22.1. The van der Waals surface area contributed by atoms with Crippen LogP contribution in [0.15, 0.2) is 152 Å². The van der Waals surface area contributed by atoms with Crippen molar-refractivity contribution in [1.29, 1.82) is 0 Å². The summed E-state index contributed by atoms with van der Waals surface area (Å²) in [5.74, 6) is 0. The highest BCUT2D eigenvalue weighted by molar-refractivity contribution is 7.33. The van der Waals surface area contributed by atoms with Gasteiger partial charge in [-0.15, -0.1) is 11.3 Å². The maximum atomic E-state index is 2.78. The molecule has 5 heteroatoms. The molecule has 0 bridgehead atoms. The Labute approximate surface area is 488 Å². The van der Waals surface area contributed by atoms with Gasteiger partial charge >= 0.3 is 0 Å². The second-order valence-corrected chi connectivity index (χ2v) is 31.3. The maximum Gasteiger partial charge on any atom is 0.264 e. The van der Waals surface area contributed by atoms with Gasteiger partial charge in [0.05, 0.1) is 11.4 Å². The molecule has 0 atom stereocenters. The van der Waals surface area contributed by atoms with Crippen molar-refractivity contribution in [3.63, 3.8) is 0 Å². The molecule has 9 aromatic rings. The van der Waals surface area contributed by atoms with Gasteiger partial charge in [-0.25, -0.2) is 0 Å². The molecular formula is C76H82BN3S. The van der Waals surface area contributed by atoms with Crippen LogP contribution in [0.4, 0.5) is 51.2 Å². The minimum absolute atomic E-state index is 0.00755. The van der Waals surface area contributed by atoms with E-state index in [1.54, 1.807) is 0 Å². The smallest absolute Gasteiger partial charge is 0.264 e. The van der Waals surface area contributed by atoms with Crippen molar-refractivity contribution in [2.24, 2.45) is 0 Å². The second kappa shape index (κ2) is 17.5. The molecule has 0 spiro atoms. The Hall–Kier alpha value is -6.56. The number of fused-ring (bicyclic) bond motifs is 10. The van der Waals surface area contributed by atoms with Gasteiger partial charge in [-0.2, -0.15) is 0 Å². The van der Waals surface area contributed by atoms with Crippen molar-refractivity contribution in [1.82, 2.24) is 0 Å². The third-order valence-electron chi connectivity index (χ3n) is 20.9. The molecule has 0 radical (unpaired) electrons. The lowest BCUT2D eigenvalue weighted by atomic mass is 9.35. The van der Waals surface area contributed by atoms with E-state index in [4.69, 9.17) is 0 Å². The molecule has 8 aromatic carbocycles. The number of anilines is 9. The first-order chi connectivity index (χ1) is 38.2. The Morgan fingerprint density at radius 2 is 0.938 bits per heavy atom. The molecule has 2 aliphatic heterocycles. The zero-order chi connectivity index (χ0) is 56.7. The summed E-state index contributed by atoms with van der Waals surface area (Å²) in [6, 6.07) is 60.2. The van der Waals surface area contributed by atoms with Crippen LogP contribution in [0.5, 0.6) is 0 Å². The van der Waals surface area contributed by atoms with Crippen molar-refractivity contribution < 1.29 is 0 Å². The Morgan fingerprint density at radius 1 is 0.420 bits per heavy atom. The molecule has 14 rings (SSSR count). The van der Waals surface area contributed by atoms with E-state index in [1.165, 1.54) is 129 Å². The molecule has 1 aromatic heterocycles. The number of rotatable bonds is 5. The quantitative estimate of drug-likeness (QED) is 0.159. The van der Waals surface area contributed by atoms with Gasteiger partial charge < -0.3 is 14.7 Å². The molecule has 0 unspecified atom stereocenters. The molecule has 3 heterocycles. The number of benzene rings is 8. The maximum absolute atomic E-state index is 2.78. The molecule has 0 N–H and O–H groups in total. The average molecular weight is 1080 g/mol. The van der Waals surface area contributed by atoms with Crippen LogP contribution in [-0.2, 0) is 37.9 Å². The largest absolute Gasteiger partial charge is 0.311 e. The van der Waals surface area contributed by atoms with Crippen LogP contribution < -0.4 is 30.4 Å². The summed E-state index contributed by atoms with van der Waals surface area (Å²) < 4.78 is 2.85. The summed E-state index contributed by atoms with van der Waals surface area (Å²) >= 11 is 2.08. The van der Waals surface area contributed by atoms with E-state index in [1.807, 2.05) is 0 Å². The first-order valence-corrected chi connectivity index (χ1v) is 31.2. The molecule has 0 saturated carbocycles. The normalized spacial score (nSPS) is 19.3. The monoisotopic (exact) mass is 1080 g/mol. The molecule has 0 saturated heterocycles. The standard InChI is InChI=1S/C76H82BN3S/c1-70(2,3)49-26-29-51(30-27-49)79-63-45-60-59(74(10,11)36-37-75(60,12)13)44-62(63)77-67-64(79)41-54(78(50-23-17-16-18-24-50)52-28-25-47-21-19-20-22-48(47)39-52)42-65(67)80(53-31-32-56-57(40-53)72(6,7)34-33-71(56,4)5)68-55-43-58-61(46-66(55)81-69(68)77)76(14,15)38-35-73(58,8)9/h16-32,39-46H,33-38H2,1-15H3. The zero-order valence-electron chi connectivity index (χ0n) is 51.0. The first-order valence-electron chi connectivity index (χ1n) is 30.4. The van der Waals surface area contributed by atoms with Crippen LogP contribution in [0.3, 0.4) is 0 Å². The summed E-state index contributed by atoms with van der Waals surface area (Å²) in [4.78, 5) is 8.01. The number of para-hydroxylation sites is 1. The van der Waals surface area contributed by atoms with Crippen LogP contribution >= 0.6 is 11.3 Å². The highest BCUT2D eigenvalue weighted by Gasteiger charge is 2.50. The van der Waals surface area contributed by atoms with E-state index >= 15 is 0 Å². The molecule has 0 fully saturated rings. The fourth-order valence-corrected chi connectivity index (χ4v) is 16.8. The Bertz CT molecular complexity index is 4070. The predicted octanol–water partition coefficient (Wildman–Crippen LogP) is 20.0. The van der Waals surface area contributed by atoms with E-state index in [0.717, 1.165) is 36.3 Å². The van der Waals surface area contributed by atoms with Gasteiger partial charge in [-0.3, -0.25) is 0 Å². The number of hydrogen-bond donors (Lipinski definition) is 0. The molecule has 81 heavy (non-hydrogen) atoms. The fraction of sp³-hybridized carbons (Fsp3) is 0.368. The molecule has 410 valence electrons. The van der Waals surface area contributed by atoms with Crippen molar-refractivity contribution in [3.8, 4) is 0 Å². The number of hydrogen-bond acceptors (Lipinski definition) is 4. The summed E-state index contributed by atoms with van der Waals surface area (Å²) in [6.45, 7) is 36.9. The van der Waals surface area contributed by atoms with Crippen molar-refractivity contribution in [3.05, 3.63) is 191 Å². The lowest BCUT2D eigenvalue weighted by molar-refractivity contribution is 0.332. The van der Waals surface area contributed by atoms with E-state index in [-0.39, 0.29) is 44.6 Å². The van der Waals surface area contributed by atoms with Crippen LogP contribution in [0, 0.1) is 0 Å². The summed E-state index contributed by atoms with van der Waals surface area (Å²) in [5, 5.41) is 3.85. The van der Waals surface area contributed by atoms with Crippen LogP contribution in [0.1, 0.15) is 181 Å².